The summed E-state index contributed by atoms with van der Waals surface area (Å²) in [4.78, 5) is 29.3. The molecule has 1 aromatic carbocycles. The number of methoxy groups -OCH3 is 1. The van der Waals surface area contributed by atoms with Gasteiger partial charge in [0.15, 0.2) is 5.76 Å². The first kappa shape index (κ1) is 21.0. The second kappa shape index (κ2) is 8.57. The zero-order valence-electron chi connectivity index (χ0n) is 18.5. The van der Waals surface area contributed by atoms with E-state index in [2.05, 4.69) is 15.5 Å². The summed E-state index contributed by atoms with van der Waals surface area (Å²) in [6.07, 6.45) is 5.17. The molecule has 1 aliphatic carbocycles. The highest BCUT2D eigenvalue weighted by Crippen LogP contribution is 2.41. The fourth-order valence-electron chi connectivity index (χ4n) is 4.43. The van der Waals surface area contributed by atoms with Gasteiger partial charge in [-0.15, -0.1) is 0 Å². The van der Waals surface area contributed by atoms with Crippen molar-refractivity contribution in [2.45, 2.75) is 32.3 Å². The molecule has 2 amide bonds. The number of pyridine rings is 1. The molecule has 9 heteroatoms. The lowest BCUT2D eigenvalue weighted by molar-refractivity contribution is -0.119. The van der Waals surface area contributed by atoms with E-state index in [0.717, 1.165) is 58.7 Å². The fourth-order valence-corrected chi connectivity index (χ4v) is 4.43. The SMILES string of the molecule is COc1cnccc1-c1noc2c1CCCc1cc(N3CC(CNC(C)=O)OC3=O)ccc1-2. The zero-order chi connectivity index (χ0) is 22.9. The Hall–Kier alpha value is -3.88. The maximum absolute atomic E-state index is 12.4. The Morgan fingerprint density at radius 2 is 2.15 bits per heavy atom. The number of fused-ring (bicyclic) bond motifs is 3. The van der Waals surface area contributed by atoms with Gasteiger partial charge in [-0.2, -0.15) is 0 Å². The minimum absolute atomic E-state index is 0.152. The van der Waals surface area contributed by atoms with E-state index in [4.69, 9.17) is 14.0 Å². The predicted octanol–water partition coefficient (Wildman–Crippen LogP) is 3.36. The number of nitrogens with zero attached hydrogens (tertiary/aromatic N) is 3. The lowest BCUT2D eigenvalue weighted by Gasteiger charge is -2.15. The molecule has 2 aromatic heterocycles. The summed E-state index contributed by atoms with van der Waals surface area (Å²) in [5, 5.41) is 7.07. The van der Waals surface area contributed by atoms with Crippen LogP contribution in [0, 0.1) is 0 Å². The molecule has 0 spiro atoms. The number of hydrogen-bond acceptors (Lipinski definition) is 7. The summed E-state index contributed by atoms with van der Waals surface area (Å²) in [7, 11) is 1.61. The van der Waals surface area contributed by atoms with E-state index in [1.165, 1.54) is 6.92 Å². The van der Waals surface area contributed by atoms with Crippen molar-refractivity contribution in [2.24, 2.45) is 0 Å². The summed E-state index contributed by atoms with van der Waals surface area (Å²) in [6.45, 7) is 2.12. The molecule has 170 valence electrons. The summed E-state index contributed by atoms with van der Waals surface area (Å²) < 4.78 is 16.7. The van der Waals surface area contributed by atoms with E-state index >= 15 is 0 Å². The monoisotopic (exact) mass is 448 g/mol. The topological polar surface area (TPSA) is 107 Å². The molecule has 1 atom stereocenters. The van der Waals surface area contributed by atoms with Crippen LogP contribution >= 0.6 is 0 Å². The molecule has 3 aromatic rings. The first-order valence-corrected chi connectivity index (χ1v) is 10.9. The van der Waals surface area contributed by atoms with Gasteiger partial charge in [-0.3, -0.25) is 14.7 Å². The van der Waals surface area contributed by atoms with Crippen LogP contribution in [0.2, 0.25) is 0 Å². The minimum atomic E-state index is -0.411. The highest BCUT2D eigenvalue weighted by molar-refractivity contribution is 5.91. The van der Waals surface area contributed by atoms with Crippen LogP contribution in [0.15, 0.2) is 41.2 Å². The van der Waals surface area contributed by atoms with Gasteiger partial charge in [0.25, 0.3) is 0 Å². The number of amides is 2. The Morgan fingerprint density at radius 1 is 1.27 bits per heavy atom. The van der Waals surface area contributed by atoms with Crippen LogP contribution in [0.25, 0.3) is 22.6 Å². The van der Waals surface area contributed by atoms with Gasteiger partial charge in [-0.25, -0.2) is 4.79 Å². The standard InChI is InChI=1S/C24H24N4O5/c1-14(29)26-11-17-13-28(24(30)32-17)16-6-7-18-15(10-16)4-3-5-20-22(27-33-23(18)20)19-8-9-25-12-21(19)31-2/h6-10,12,17H,3-5,11,13H2,1-2H3,(H,26,29). The number of carbonyl (C=O) groups excluding carboxylic acids is 2. The van der Waals surface area contributed by atoms with Gasteiger partial charge in [-0.05, 0) is 49.1 Å². The quantitative estimate of drug-likeness (QED) is 0.638. The van der Waals surface area contributed by atoms with Crippen molar-refractivity contribution in [3.63, 3.8) is 0 Å². The minimum Gasteiger partial charge on any atom is -0.494 e. The molecule has 2 aliphatic rings. The van der Waals surface area contributed by atoms with Crippen LogP contribution in [0.5, 0.6) is 5.75 Å². The average molecular weight is 448 g/mol. The number of nitrogens with one attached hydrogen (secondary N) is 1. The molecule has 1 N–H and O–H groups in total. The van der Waals surface area contributed by atoms with E-state index < -0.39 is 6.09 Å². The van der Waals surface area contributed by atoms with Crippen molar-refractivity contribution in [1.82, 2.24) is 15.5 Å². The van der Waals surface area contributed by atoms with Crippen LogP contribution in [0.3, 0.4) is 0 Å². The molecule has 0 radical (unpaired) electrons. The van der Waals surface area contributed by atoms with Gasteiger partial charge in [0.1, 0.15) is 17.5 Å². The third kappa shape index (κ3) is 3.90. The van der Waals surface area contributed by atoms with Gasteiger partial charge < -0.3 is 19.3 Å². The van der Waals surface area contributed by atoms with E-state index in [1.54, 1.807) is 24.4 Å². The van der Waals surface area contributed by atoms with Crippen LogP contribution < -0.4 is 15.0 Å². The molecule has 1 saturated heterocycles. The molecular weight excluding hydrogens is 424 g/mol. The largest absolute Gasteiger partial charge is 0.494 e. The molecule has 0 bridgehead atoms. The lowest BCUT2D eigenvalue weighted by atomic mass is 10.00. The predicted molar refractivity (Wildman–Crippen MR) is 120 cm³/mol. The Kier molecular flexibility index (Phi) is 5.45. The molecule has 3 heterocycles. The zero-order valence-corrected chi connectivity index (χ0v) is 18.5. The highest BCUT2D eigenvalue weighted by Gasteiger charge is 2.33. The molecule has 5 rings (SSSR count). The highest BCUT2D eigenvalue weighted by atomic mass is 16.6. The summed E-state index contributed by atoms with van der Waals surface area (Å²) in [5.41, 5.74) is 5.49. The number of benzene rings is 1. The Labute approximate surface area is 190 Å². The van der Waals surface area contributed by atoms with Crippen molar-refractivity contribution < 1.29 is 23.6 Å². The molecule has 9 nitrogen and oxygen atoms in total. The normalized spacial score (nSPS) is 17.1. The molecule has 1 fully saturated rings. The third-order valence-corrected chi connectivity index (χ3v) is 6.02. The van der Waals surface area contributed by atoms with Gasteiger partial charge in [-0.1, -0.05) is 5.16 Å². The second-order valence-corrected chi connectivity index (χ2v) is 8.16. The number of hydrogen-bond donors (Lipinski definition) is 1. The summed E-state index contributed by atoms with van der Waals surface area (Å²) in [6, 6.07) is 7.76. The Balaban J connectivity index is 1.45. The smallest absolute Gasteiger partial charge is 0.414 e. The number of aryl methyl sites for hydroxylation is 1. The van der Waals surface area contributed by atoms with Gasteiger partial charge >= 0.3 is 6.09 Å². The van der Waals surface area contributed by atoms with Crippen molar-refractivity contribution in [1.29, 1.82) is 0 Å². The van der Waals surface area contributed by atoms with Crippen LogP contribution in [0.4, 0.5) is 10.5 Å². The van der Waals surface area contributed by atoms with Gasteiger partial charge in [0.2, 0.25) is 5.91 Å². The Bertz CT molecular complexity index is 1220. The number of rotatable bonds is 5. The maximum atomic E-state index is 12.4. The maximum Gasteiger partial charge on any atom is 0.414 e. The van der Waals surface area contributed by atoms with Gasteiger partial charge in [0.05, 0.1) is 26.4 Å². The number of cyclic esters (lactones) is 1. The lowest BCUT2D eigenvalue weighted by Crippen LogP contribution is -2.33. The van der Waals surface area contributed by atoms with E-state index in [9.17, 15) is 9.59 Å². The second-order valence-electron chi connectivity index (χ2n) is 8.16. The molecule has 1 unspecified atom stereocenters. The average Bonchev–Trinajstić information content (AvgIpc) is 3.35. The Morgan fingerprint density at radius 3 is 2.97 bits per heavy atom. The molecule has 0 saturated carbocycles. The van der Waals surface area contributed by atoms with E-state index in [1.807, 2.05) is 24.3 Å². The number of anilines is 1. The van der Waals surface area contributed by atoms with Crippen LogP contribution in [0.1, 0.15) is 24.5 Å². The number of ether oxygens (including phenoxy) is 2. The van der Waals surface area contributed by atoms with Crippen molar-refractivity contribution in [3.8, 4) is 28.3 Å². The summed E-state index contributed by atoms with van der Waals surface area (Å²) >= 11 is 0. The third-order valence-electron chi connectivity index (χ3n) is 6.02. The van der Waals surface area contributed by atoms with Gasteiger partial charge in [0, 0.05) is 35.5 Å². The molecule has 33 heavy (non-hydrogen) atoms. The van der Waals surface area contributed by atoms with E-state index in [0.29, 0.717) is 18.8 Å². The molecular formula is C24H24N4O5. The van der Waals surface area contributed by atoms with Crippen LogP contribution in [-0.4, -0.2) is 48.4 Å². The van der Waals surface area contributed by atoms with Crippen molar-refractivity contribution >= 4 is 17.7 Å². The first-order valence-electron chi connectivity index (χ1n) is 10.9. The van der Waals surface area contributed by atoms with Crippen molar-refractivity contribution in [3.05, 3.63) is 47.8 Å². The summed E-state index contributed by atoms with van der Waals surface area (Å²) in [5.74, 6) is 1.24. The fraction of sp³-hybridized carbons (Fsp3) is 0.333. The molecule has 1 aliphatic heterocycles. The van der Waals surface area contributed by atoms with E-state index in [-0.39, 0.29) is 12.0 Å². The number of carbonyl (C=O) groups is 2. The number of aromatic nitrogens is 2. The van der Waals surface area contributed by atoms with Crippen LogP contribution in [-0.2, 0) is 22.4 Å². The first-order chi connectivity index (χ1) is 16.0. The van der Waals surface area contributed by atoms with Crippen molar-refractivity contribution in [2.75, 3.05) is 25.1 Å².